The third kappa shape index (κ3) is 4.78. The minimum Gasteiger partial charge on any atom is -0.356 e. The molecule has 1 heterocycles. The summed E-state index contributed by atoms with van der Waals surface area (Å²) in [5, 5.41) is 5.97. The van der Waals surface area contributed by atoms with Crippen LogP contribution in [0.15, 0.2) is 35.2 Å². The Morgan fingerprint density at radius 1 is 1.25 bits per heavy atom. The first-order valence-corrected chi connectivity index (χ1v) is 9.86. The van der Waals surface area contributed by atoms with E-state index in [2.05, 4.69) is 10.6 Å². The number of carbonyl (C=O) groups is 1. The molecule has 2 rings (SSSR count). The minimum atomic E-state index is -3.40. The summed E-state index contributed by atoms with van der Waals surface area (Å²) in [5.41, 5.74) is 0. The van der Waals surface area contributed by atoms with E-state index in [4.69, 9.17) is 0 Å². The minimum absolute atomic E-state index is 0.0451. The Labute approximate surface area is 144 Å². The molecule has 0 aliphatic carbocycles. The van der Waals surface area contributed by atoms with Crippen molar-refractivity contribution in [1.82, 2.24) is 14.9 Å². The van der Waals surface area contributed by atoms with Crippen LogP contribution in [0, 0.1) is 11.8 Å². The van der Waals surface area contributed by atoms with Gasteiger partial charge in [0, 0.05) is 32.1 Å². The Bertz CT molecular complexity index is 626. The van der Waals surface area contributed by atoms with E-state index in [9.17, 15) is 13.2 Å². The van der Waals surface area contributed by atoms with Gasteiger partial charge in [-0.05, 0) is 37.9 Å². The first-order chi connectivity index (χ1) is 11.4. The van der Waals surface area contributed by atoms with E-state index >= 15 is 0 Å². The fourth-order valence-electron chi connectivity index (χ4n) is 2.91. The average Bonchev–Trinajstić information content (AvgIpc) is 2.61. The molecule has 0 radical (unpaired) electrons. The second kappa shape index (κ2) is 8.60. The number of piperidine rings is 1. The van der Waals surface area contributed by atoms with Crippen LogP contribution < -0.4 is 10.6 Å². The molecule has 7 heteroatoms. The van der Waals surface area contributed by atoms with E-state index < -0.39 is 10.0 Å². The second-order valence-corrected chi connectivity index (χ2v) is 8.30. The lowest BCUT2D eigenvalue weighted by atomic mass is 9.98. The van der Waals surface area contributed by atoms with Crippen molar-refractivity contribution >= 4 is 15.9 Å². The molecule has 1 unspecified atom stereocenters. The normalized spacial score (nSPS) is 18.2. The fourth-order valence-corrected chi connectivity index (χ4v) is 4.40. The van der Waals surface area contributed by atoms with Gasteiger partial charge in [-0.15, -0.1) is 0 Å². The molecular formula is C17H27N3O3S. The summed E-state index contributed by atoms with van der Waals surface area (Å²) in [6.07, 6.45) is 1.54. The third-order valence-electron chi connectivity index (χ3n) is 4.48. The topological polar surface area (TPSA) is 78.5 Å². The molecule has 2 N–H and O–H groups in total. The lowest BCUT2D eigenvalue weighted by Gasteiger charge is -2.31. The summed E-state index contributed by atoms with van der Waals surface area (Å²) in [6, 6.07) is 8.54. The molecule has 1 aliphatic heterocycles. The highest BCUT2D eigenvalue weighted by atomic mass is 32.2. The number of hydrogen-bond acceptors (Lipinski definition) is 4. The first-order valence-electron chi connectivity index (χ1n) is 8.42. The maximum absolute atomic E-state index is 12.6. The predicted octanol–water partition coefficient (Wildman–Crippen LogP) is 1.06. The van der Waals surface area contributed by atoms with Gasteiger partial charge in [0.15, 0.2) is 0 Å². The summed E-state index contributed by atoms with van der Waals surface area (Å²) in [5.74, 6) is 0.315. The quantitative estimate of drug-likeness (QED) is 0.768. The van der Waals surface area contributed by atoms with Crippen LogP contribution in [0.2, 0.25) is 0 Å². The lowest BCUT2D eigenvalue weighted by Crippen LogP contribution is -2.42. The molecule has 6 nitrogen and oxygen atoms in total. The Hall–Kier alpha value is -1.44. The highest BCUT2D eigenvalue weighted by Crippen LogP contribution is 2.23. The van der Waals surface area contributed by atoms with Gasteiger partial charge >= 0.3 is 0 Å². The molecule has 0 aromatic heterocycles. The number of rotatable bonds is 7. The summed E-state index contributed by atoms with van der Waals surface area (Å²) < 4.78 is 26.7. The number of carbonyl (C=O) groups excluding carboxylic acids is 1. The highest BCUT2D eigenvalue weighted by molar-refractivity contribution is 7.89. The van der Waals surface area contributed by atoms with Crippen LogP contribution in [0.4, 0.5) is 0 Å². The highest BCUT2D eigenvalue weighted by Gasteiger charge is 2.29. The molecule has 0 spiro atoms. The monoisotopic (exact) mass is 353 g/mol. The van der Waals surface area contributed by atoms with Crippen molar-refractivity contribution < 1.29 is 13.2 Å². The molecule has 1 fully saturated rings. The van der Waals surface area contributed by atoms with Crippen LogP contribution in [-0.2, 0) is 14.8 Å². The van der Waals surface area contributed by atoms with E-state index in [1.807, 2.05) is 20.0 Å². The second-order valence-electron chi connectivity index (χ2n) is 6.36. The molecule has 1 atom stereocenters. The number of amides is 1. The zero-order valence-corrected chi connectivity index (χ0v) is 15.2. The molecule has 0 bridgehead atoms. The molecular weight excluding hydrogens is 326 g/mol. The van der Waals surface area contributed by atoms with Crippen LogP contribution in [0.25, 0.3) is 0 Å². The molecule has 24 heavy (non-hydrogen) atoms. The number of nitrogens with one attached hydrogen (secondary N) is 2. The maximum Gasteiger partial charge on any atom is 0.243 e. The van der Waals surface area contributed by atoms with Crippen LogP contribution in [0.5, 0.6) is 0 Å². The first kappa shape index (κ1) is 18.9. The van der Waals surface area contributed by atoms with Gasteiger partial charge in [0.25, 0.3) is 0 Å². The molecule has 1 saturated heterocycles. The van der Waals surface area contributed by atoms with Crippen molar-refractivity contribution in [2.75, 3.05) is 33.2 Å². The van der Waals surface area contributed by atoms with E-state index in [0.29, 0.717) is 37.0 Å². The van der Waals surface area contributed by atoms with Gasteiger partial charge < -0.3 is 10.6 Å². The maximum atomic E-state index is 12.6. The van der Waals surface area contributed by atoms with Crippen molar-refractivity contribution in [3.05, 3.63) is 30.3 Å². The van der Waals surface area contributed by atoms with E-state index in [-0.39, 0.29) is 11.8 Å². The number of hydrogen-bond donors (Lipinski definition) is 2. The molecule has 1 aliphatic rings. The van der Waals surface area contributed by atoms with E-state index in [0.717, 1.165) is 12.8 Å². The van der Waals surface area contributed by atoms with Gasteiger partial charge in [-0.25, -0.2) is 8.42 Å². The average molecular weight is 353 g/mol. The van der Waals surface area contributed by atoms with Crippen molar-refractivity contribution in [3.63, 3.8) is 0 Å². The van der Waals surface area contributed by atoms with Gasteiger partial charge in [-0.1, -0.05) is 25.1 Å². The van der Waals surface area contributed by atoms with Crippen molar-refractivity contribution in [2.45, 2.75) is 24.7 Å². The Kier molecular flexibility index (Phi) is 6.77. The van der Waals surface area contributed by atoms with Gasteiger partial charge in [0.2, 0.25) is 15.9 Å². The van der Waals surface area contributed by atoms with E-state index in [1.165, 1.54) is 0 Å². The van der Waals surface area contributed by atoms with Gasteiger partial charge in [-0.3, -0.25) is 4.79 Å². The van der Waals surface area contributed by atoms with Crippen LogP contribution in [0.3, 0.4) is 0 Å². The summed E-state index contributed by atoms with van der Waals surface area (Å²) in [6.45, 7) is 4.17. The summed E-state index contributed by atoms with van der Waals surface area (Å²) >= 11 is 0. The Morgan fingerprint density at radius 3 is 2.46 bits per heavy atom. The van der Waals surface area contributed by atoms with Crippen LogP contribution in [0.1, 0.15) is 19.8 Å². The van der Waals surface area contributed by atoms with Gasteiger partial charge in [0.05, 0.1) is 4.90 Å². The van der Waals surface area contributed by atoms with Crippen molar-refractivity contribution in [1.29, 1.82) is 0 Å². The zero-order chi connectivity index (χ0) is 17.6. The molecule has 134 valence electrons. The summed E-state index contributed by atoms with van der Waals surface area (Å²) in [4.78, 5) is 12.3. The standard InChI is InChI=1S/C17H27N3O3S/c1-14(12-18-2)17(21)19-13-15-8-10-20(11-9-15)24(22,23)16-6-4-3-5-7-16/h3-7,14-15,18H,8-13H2,1-2H3,(H,19,21). The third-order valence-corrected chi connectivity index (χ3v) is 6.39. The largest absolute Gasteiger partial charge is 0.356 e. The van der Waals surface area contributed by atoms with E-state index in [1.54, 1.807) is 28.6 Å². The smallest absolute Gasteiger partial charge is 0.243 e. The SMILES string of the molecule is CNCC(C)C(=O)NCC1CCN(S(=O)(=O)c2ccccc2)CC1. The Balaban J connectivity index is 1.82. The molecule has 1 aromatic rings. The molecule has 1 aromatic carbocycles. The lowest BCUT2D eigenvalue weighted by molar-refractivity contribution is -0.124. The number of nitrogens with zero attached hydrogens (tertiary/aromatic N) is 1. The Morgan fingerprint density at radius 2 is 1.88 bits per heavy atom. The van der Waals surface area contributed by atoms with Crippen LogP contribution in [-0.4, -0.2) is 51.9 Å². The van der Waals surface area contributed by atoms with Crippen molar-refractivity contribution in [3.8, 4) is 0 Å². The van der Waals surface area contributed by atoms with Crippen LogP contribution >= 0.6 is 0 Å². The summed E-state index contributed by atoms with van der Waals surface area (Å²) in [7, 11) is -1.57. The predicted molar refractivity (Wildman–Crippen MR) is 94.0 cm³/mol. The number of benzene rings is 1. The number of sulfonamides is 1. The molecule has 0 saturated carbocycles. The van der Waals surface area contributed by atoms with Gasteiger partial charge in [0.1, 0.15) is 0 Å². The fraction of sp³-hybridized carbons (Fsp3) is 0.588. The van der Waals surface area contributed by atoms with Gasteiger partial charge in [-0.2, -0.15) is 4.31 Å². The van der Waals surface area contributed by atoms with Crippen molar-refractivity contribution in [2.24, 2.45) is 11.8 Å². The zero-order valence-electron chi connectivity index (χ0n) is 14.4. The molecule has 1 amide bonds.